The van der Waals surface area contributed by atoms with Crippen LogP contribution in [0.3, 0.4) is 0 Å². The molecule has 0 saturated heterocycles. The molecule has 4 rings (SSSR count). The molecule has 4 aromatic heterocycles. The van der Waals surface area contributed by atoms with Crippen LogP contribution in [0.15, 0.2) is 42.7 Å². The molecule has 0 aliphatic carbocycles. The SMILES string of the molecule is COC(=O)c1cn2c(NC(C)(C)C)c(-c3ccc(C#Cc4ccccn4)s3)nc2s1.Cl. The molecule has 1 N–H and O–H groups in total. The summed E-state index contributed by atoms with van der Waals surface area (Å²) in [5, 5.41) is 3.52. The highest BCUT2D eigenvalue weighted by molar-refractivity contribution is 7.19. The number of nitrogens with one attached hydrogen (secondary N) is 1. The van der Waals surface area contributed by atoms with E-state index >= 15 is 0 Å². The molecule has 4 heterocycles. The number of ether oxygens (including phenoxy) is 1. The number of hydrogen-bond acceptors (Lipinski definition) is 7. The van der Waals surface area contributed by atoms with Crippen LogP contribution in [0.2, 0.25) is 0 Å². The Hall–Kier alpha value is -2.86. The zero-order chi connectivity index (χ0) is 21.3. The number of esters is 1. The topological polar surface area (TPSA) is 68.5 Å². The molecule has 6 nitrogen and oxygen atoms in total. The standard InChI is InChI=1S/C22H20N4O2S2.ClH/c1-22(2,3)25-19-18(24-21-26(19)13-17(30-21)20(27)28-4)16-11-10-15(29-16)9-8-14-7-5-6-12-23-14;/h5-7,10-13,25H,1-4H3;1H. The van der Waals surface area contributed by atoms with Crippen molar-refractivity contribution >= 4 is 51.8 Å². The molecular weight excluding hydrogens is 452 g/mol. The molecule has 31 heavy (non-hydrogen) atoms. The normalized spacial score (nSPS) is 10.8. The molecule has 9 heteroatoms. The molecule has 4 aromatic rings. The Morgan fingerprint density at radius 2 is 1.97 bits per heavy atom. The van der Waals surface area contributed by atoms with E-state index in [2.05, 4.69) is 42.9 Å². The Kier molecular flexibility index (Phi) is 6.70. The molecule has 0 aromatic carbocycles. The van der Waals surface area contributed by atoms with Crippen LogP contribution in [0.5, 0.6) is 0 Å². The highest BCUT2D eigenvalue weighted by Gasteiger charge is 2.23. The second-order valence-electron chi connectivity index (χ2n) is 7.55. The average Bonchev–Trinajstić information content (AvgIpc) is 3.41. The van der Waals surface area contributed by atoms with Crippen LogP contribution < -0.4 is 5.32 Å². The van der Waals surface area contributed by atoms with Crippen LogP contribution in [-0.2, 0) is 4.74 Å². The summed E-state index contributed by atoms with van der Waals surface area (Å²) < 4.78 is 6.76. The number of rotatable bonds is 3. The quantitative estimate of drug-likeness (QED) is 0.322. The highest BCUT2D eigenvalue weighted by Crippen LogP contribution is 2.37. The molecule has 0 aliphatic heterocycles. The van der Waals surface area contributed by atoms with E-state index in [-0.39, 0.29) is 23.9 Å². The Morgan fingerprint density at radius 1 is 1.16 bits per heavy atom. The van der Waals surface area contributed by atoms with Crippen molar-refractivity contribution in [3.63, 3.8) is 0 Å². The number of pyridine rings is 1. The summed E-state index contributed by atoms with van der Waals surface area (Å²) in [6.07, 6.45) is 3.50. The third-order valence-electron chi connectivity index (χ3n) is 4.02. The van der Waals surface area contributed by atoms with Gasteiger partial charge in [0.05, 0.1) is 16.9 Å². The van der Waals surface area contributed by atoms with E-state index < -0.39 is 0 Å². The zero-order valence-corrected chi connectivity index (χ0v) is 19.9. The van der Waals surface area contributed by atoms with Crippen LogP contribution >= 0.6 is 35.1 Å². The van der Waals surface area contributed by atoms with Gasteiger partial charge in [-0.05, 0) is 56.9 Å². The number of nitrogens with zero attached hydrogens (tertiary/aromatic N) is 3. The van der Waals surface area contributed by atoms with E-state index in [4.69, 9.17) is 9.72 Å². The van der Waals surface area contributed by atoms with Crippen molar-refractivity contribution in [2.24, 2.45) is 0 Å². The van der Waals surface area contributed by atoms with Crippen molar-refractivity contribution in [3.05, 3.63) is 58.2 Å². The fourth-order valence-electron chi connectivity index (χ4n) is 2.78. The summed E-state index contributed by atoms with van der Waals surface area (Å²) in [6.45, 7) is 6.26. The maximum atomic E-state index is 11.9. The number of methoxy groups -OCH3 is 1. The van der Waals surface area contributed by atoms with Gasteiger partial charge in [-0.15, -0.1) is 23.7 Å². The molecule has 0 unspecified atom stereocenters. The lowest BCUT2D eigenvalue weighted by Gasteiger charge is -2.22. The summed E-state index contributed by atoms with van der Waals surface area (Å²) in [6, 6.07) is 9.68. The van der Waals surface area contributed by atoms with E-state index in [1.165, 1.54) is 18.4 Å². The van der Waals surface area contributed by atoms with E-state index in [1.807, 2.05) is 34.7 Å². The predicted molar refractivity (Wildman–Crippen MR) is 129 cm³/mol. The minimum absolute atomic E-state index is 0. The number of hydrogen-bond donors (Lipinski definition) is 1. The number of carbonyl (C=O) groups excluding carboxylic acids is 1. The van der Waals surface area contributed by atoms with Crippen molar-refractivity contribution in [1.29, 1.82) is 0 Å². The maximum absolute atomic E-state index is 11.9. The monoisotopic (exact) mass is 472 g/mol. The lowest BCUT2D eigenvalue weighted by molar-refractivity contribution is 0.0606. The lowest BCUT2D eigenvalue weighted by atomic mass is 10.1. The number of thiazole rings is 1. The minimum atomic E-state index is -0.364. The molecule has 0 spiro atoms. The van der Waals surface area contributed by atoms with Crippen molar-refractivity contribution in [2.45, 2.75) is 26.3 Å². The summed E-state index contributed by atoms with van der Waals surface area (Å²) >= 11 is 2.88. The van der Waals surface area contributed by atoms with Gasteiger partial charge < -0.3 is 10.1 Å². The van der Waals surface area contributed by atoms with Gasteiger partial charge in [0.15, 0.2) is 4.96 Å². The molecule has 0 saturated carbocycles. The Bertz CT molecular complexity index is 1270. The number of aromatic nitrogens is 3. The number of thiophene rings is 1. The van der Waals surface area contributed by atoms with Crippen molar-refractivity contribution in [3.8, 4) is 22.4 Å². The van der Waals surface area contributed by atoms with Gasteiger partial charge in [0.25, 0.3) is 0 Å². The van der Waals surface area contributed by atoms with Gasteiger partial charge >= 0.3 is 5.97 Å². The highest BCUT2D eigenvalue weighted by atomic mass is 35.5. The fraction of sp³-hybridized carbons (Fsp3) is 0.227. The second-order valence-corrected chi connectivity index (χ2v) is 9.65. The molecule has 0 amide bonds. The van der Waals surface area contributed by atoms with Gasteiger partial charge in [-0.25, -0.2) is 14.8 Å². The molecule has 0 aliphatic rings. The fourth-order valence-corrected chi connectivity index (χ4v) is 4.53. The number of anilines is 1. The van der Waals surface area contributed by atoms with Gasteiger partial charge in [0, 0.05) is 17.9 Å². The van der Waals surface area contributed by atoms with Crippen LogP contribution in [0.25, 0.3) is 15.5 Å². The van der Waals surface area contributed by atoms with Gasteiger partial charge in [-0.2, -0.15) is 0 Å². The minimum Gasteiger partial charge on any atom is -0.465 e. The third kappa shape index (κ3) is 5.07. The van der Waals surface area contributed by atoms with Crippen molar-refractivity contribution in [2.75, 3.05) is 12.4 Å². The third-order valence-corrected chi connectivity index (χ3v) is 5.99. The Balaban J connectivity index is 0.00000272. The first-order valence-electron chi connectivity index (χ1n) is 9.26. The first-order valence-corrected chi connectivity index (χ1v) is 10.9. The molecule has 0 bridgehead atoms. The maximum Gasteiger partial charge on any atom is 0.349 e. The van der Waals surface area contributed by atoms with Crippen LogP contribution in [-0.4, -0.2) is 33.0 Å². The molecular formula is C22H21ClN4O2S2. The van der Waals surface area contributed by atoms with E-state index in [1.54, 1.807) is 23.7 Å². The van der Waals surface area contributed by atoms with Crippen LogP contribution in [0, 0.1) is 11.8 Å². The summed E-state index contributed by atoms with van der Waals surface area (Å²) in [7, 11) is 1.38. The van der Waals surface area contributed by atoms with Crippen LogP contribution in [0.1, 0.15) is 41.0 Å². The Labute approximate surface area is 194 Å². The van der Waals surface area contributed by atoms with Gasteiger partial charge in [0.1, 0.15) is 22.1 Å². The summed E-state index contributed by atoms with van der Waals surface area (Å²) in [5.74, 6) is 6.73. The van der Waals surface area contributed by atoms with Gasteiger partial charge in [-0.1, -0.05) is 17.4 Å². The van der Waals surface area contributed by atoms with Crippen molar-refractivity contribution < 1.29 is 9.53 Å². The number of imidazole rings is 1. The zero-order valence-electron chi connectivity index (χ0n) is 17.4. The smallest absolute Gasteiger partial charge is 0.349 e. The van der Waals surface area contributed by atoms with Crippen LogP contribution in [0.4, 0.5) is 5.82 Å². The molecule has 0 radical (unpaired) electrons. The largest absolute Gasteiger partial charge is 0.465 e. The van der Waals surface area contributed by atoms with E-state index in [0.717, 1.165) is 31.9 Å². The number of halogens is 1. The van der Waals surface area contributed by atoms with Gasteiger partial charge in [-0.3, -0.25) is 4.40 Å². The molecule has 160 valence electrons. The predicted octanol–water partition coefficient (Wildman–Crippen LogP) is 5.34. The summed E-state index contributed by atoms with van der Waals surface area (Å²) in [5.41, 5.74) is 1.39. The first kappa shape index (κ1) is 22.8. The molecule has 0 fully saturated rings. The summed E-state index contributed by atoms with van der Waals surface area (Å²) in [4.78, 5) is 24.1. The number of carbonyl (C=O) groups is 1. The first-order chi connectivity index (χ1) is 14.3. The van der Waals surface area contributed by atoms with E-state index in [9.17, 15) is 4.79 Å². The van der Waals surface area contributed by atoms with Gasteiger partial charge in [0.2, 0.25) is 0 Å². The second kappa shape index (κ2) is 9.10. The number of fused-ring (bicyclic) bond motifs is 1. The van der Waals surface area contributed by atoms with E-state index in [0.29, 0.717) is 4.88 Å². The average molecular weight is 473 g/mol. The Morgan fingerprint density at radius 3 is 2.65 bits per heavy atom. The molecule has 0 atom stereocenters. The lowest BCUT2D eigenvalue weighted by Crippen LogP contribution is -2.27. The van der Waals surface area contributed by atoms with Crippen molar-refractivity contribution in [1.82, 2.24) is 14.4 Å².